The van der Waals surface area contributed by atoms with Gasteiger partial charge in [-0.3, -0.25) is 0 Å². The first kappa shape index (κ1) is 15.4. The Bertz CT molecular complexity index is 740. The molecule has 0 saturated heterocycles. The van der Waals surface area contributed by atoms with Gasteiger partial charge in [-0.25, -0.2) is 4.79 Å². The number of ether oxygens (including phenoxy) is 1. The van der Waals surface area contributed by atoms with Gasteiger partial charge in [0.1, 0.15) is 18.4 Å². The average Bonchev–Trinajstić information content (AvgIpc) is 2.46. The Kier molecular flexibility index (Phi) is 4.84. The lowest BCUT2D eigenvalue weighted by atomic mass is 10.1. The number of carboxylic acid groups (broad SMARTS) is 1. The molecular weight excluding hydrogens is 358 g/mol. The lowest BCUT2D eigenvalue weighted by molar-refractivity contribution is 0.0696. The normalized spacial score (nSPS) is 9.95. The van der Waals surface area contributed by atoms with E-state index in [1.54, 1.807) is 24.3 Å². The molecule has 1 N–H and O–H groups in total. The summed E-state index contributed by atoms with van der Waals surface area (Å²) in [5.74, 6) is -0.449. The Hall–Kier alpha value is -2.03. The van der Waals surface area contributed by atoms with Crippen molar-refractivity contribution in [3.63, 3.8) is 0 Å². The van der Waals surface area contributed by atoms with Gasteiger partial charge in [-0.15, -0.1) is 0 Å². The predicted molar refractivity (Wildman–Crippen MR) is 81.6 cm³/mol. The van der Waals surface area contributed by atoms with Crippen LogP contribution in [0.4, 0.5) is 0 Å². The fourth-order valence-corrected chi connectivity index (χ4v) is 2.34. The fourth-order valence-electron chi connectivity index (χ4n) is 1.63. The maximum Gasteiger partial charge on any atom is 0.335 e. The molecule has 2 aromatic rings. The zero-order chi connectivity index (χ0) is 15.4. The zero-order valence-corrected chi connectivity index (χ0v) is 13.0. The van der Waals surface area contributed by atoms with Crippen molar-refractivity contribution in [3.8, 4) is 11.8 Å². The Labute approximate surface area is 134 Å². The zero-order valence-electron chi connectivity index (χ0n) is 10.6. The summed E-state index contributed by atoms with van der Waals surface area (Å²) >= 11 is 9.23. The van der Waals surface area contributed by atoms with E-state index in [1.807, 2.05) is 6.07 Å². The van der Waals surface area contributed by atoms with E-state index < -0.39 is 5.97 Å². The standard InChI is InChI=1S/C15H9BrClNO3/c16-13-5-9(15(19)20)1-2-11(13)8-21-12-4-3-10(7-18)14(17)6-12/h1-6H,8H2,(H,19,20). The van der Waals surface area contributed by atoms with E-state index in [0.29, 0.717) is 20.8 Å². The molecule has 0 unspecified atom stereocenters. The predicted octanol–water partition coefficient (Wildman–Crippen LogP) is 4.25. The van der Waals surface area contributed by atoms with Crippen molar-refractivity contribution in [2.75, 3.05) is 0 Å². The highest BCUT2D eigenvalue weighted by Crippen LogP contribution is 2.24. The van der Waals surface area contributed by atoms with E-state index in [2.05, 4.69) is 15.9 Å². The van der Waals surface area contributed by atoms with Crippen LogP contribution in [0.25, 0.3) is 0 Å². The molecule has 0 spiro atoms. The van der Waals surface area contributed by atoms with Gasteiger partial charge in [0.2, 0.25) is 0 Å². The molecule has 0 aliphatic heterocycles. The molecule has 0 fully saturated rings. The lowest BCUT2D eigenvalue weighted by Gasteiger charge is -2.09. The van der Waals surface area contributed by atoms with E-state index in [9.17, 15) is 4.79 Å². The molecule has 0 aromatic heterocycles. The number of hydrogen-bond acceptors (Lipinski definition) is 3. The number of nitrogens with zero attached hydrogens (tertiary/aromatic N) is 1. The first-order chi connectivity index (χ1) is 10.0. The van der Waals surface area contributed by atoms with Gasteiger partial charge in [0, 0.05) is 16.1 Å². The lowest BCUT2D eigenvalue weighted by Crippen LogP contribution is -2.00. The smallest absolute Gasteiger partial charge is 0.335 e. The molecule has 0 aliphatic rings. The third kappa shape index (κ3) is 3.75. The number of nitriles is 1. The molecule has 0 bridgehead atoms. The quantitative estimate of drug-likeness (QED) is 0.878. The highest BCUT2D eigenvalue weighted by atomic mass is 79.9. The van der Waals surface area contributed by atoms with Crippen molar-refractivity contribution in [3.05, 3.63) is 62.6 Å². The van der Waals surface area contributed by atoms with E-state index >= 15 is 0 Å². The van der Waals surface area contributed by atoms with E-state index in [-0.39, 0.29) is 12.2 Å². The first-order valence-corrected chi connectivity index (χ1v) is 7.02. The minimum atomic E-state index is -0.984. The molecule has 0 saturated carbocycles. The largest absolute Gasteiger partial charge is 0.489 e. The molecular formula is C15H9BrClNO3. The number of carbonyl (C=O) groups is 1. The van der Waals surface area contributed by atoms with Crippen molar-refractivity contribution in [1.82, 2.24) is 0 Å². The second kappa shape index (κ2) is 6.61. The molecule has 0 radical (unpaired) electrons. The third-order valence-electron chi connectivity index (χ3n) is 2.76. The first-order valence-electron chi connectivity index (χ1n) is 5.85. The summed E-state index contributed by atoms with van der Waals surface area (Å²) in [6, 6.07) is 11.5. The summed E-state index contributed by atoms with van der Waals surface area (Å²) in [5, 5.41) is 18.0. The summed E-state index contributed by atoms with van der Waals surface area (Å²) in [6.07, 6.45) is 0. The van der Waals surface area contributed by atoms with Crippen LogP contribution in [0.15, 0.2) is 40.9 Å². The van der Waals surface area contributed by atoms with Crippen LogP contribution in [0.1, 0.15) is 21.5 Å². The molecule has 21 heavy (non-hydrogen) atoms. The summed E-state index contributed by atoms with van der Waals surface area (Å²) in [4.78, 5) is 10.8. The number of carboxylic acids is 1. The molecule has 2 aromatic carbocycles. The number of rotatable bonds is 4. The highest BCUT2D eigenvalue weighted by molar-refractivity contribution is 9.10. The monoisotopic (exact) mass is 365 g/mol. The van der Waals surface area contributed by atoms with Gasteiger partial charge in [0.25, 0.3) is 0 Å². The van der Waals surface area contributed by atoms with E-state index in [1.165, 1.54) is 12.1 Å². The van der Waals surface area contributed by atoms with Crippen molar-refractivity contribution in [1.29, 1.82) is 5.26 Å². The van der Waals surface area contributed by atoms with Gasteiger partial charge in [0.15, 0.2) is 0 Å². The minimum absolute atomic E-state index is 0.201. The number of halogens is 2. The summed E-state index contributed by atoms with van der Waals surface area (Å²) in [5.41, 5.74) is 1.39. The van der Waals surface area contributed by atoms with Gasteiger partial charge < -0.3 is 9.84 Å². The molecule has 2 rings (SSSR count). The Morgan fingerprint density at radius 3 is 2.67 bits per heavy atom. The summed E-state index contributed by atoms with van der Waals surface area (Å²) < 4.78 is 6.24. The topological polar surface area (TPSA) is 70.3 Å². The van der Waals surface area contributed by atoms with Gasteiger partial charge in [-0.05, 0) is 24.3 Å². The van der Waals surface area contributed by atoms with Crippen LogP contribution in [-0.2, 0) is 6.61 Å². The Balaban J connectivity index is 2.11. The van der Waals surface area contributed by atoms with Crippen molar-refractivity contribution < 1.29 is 14.6 Å². The van der Waals surface area contributed by atoms with Gasteiger partial charge in [-0.2, -0.15) is 5.26 Å². The van der Waals surface area contributed by atoms with Crippen LogP contribution in [0.5, 0.6) is 5.75 Å². The third-order valence-corrected chi connectivity index (χ3v) is 3.81. The molecule has 4 nitrogen and oxygen atoms in total. The maximum absolute atomic E-state index is 10.8. The van der Waals surface area contributed by atoms with Crippen LogP contribution in [0.3, 0.4) is 0 Å². The summed E-state index contributed by atoms with van der Waals surface area (Å²) in [7, 11) is 0. The number of aromatic carboxylic acids is 1. The second-order valence-electron chi connectivity index (χ2n) is 4.15. The Morgan fingerprint density at radius 1 is 1.33 bits per heavy atom. The van der Waals surface area contributed by atoms with Crippen molar-refractivity contribution in [2.24, 2.45) is 0 Å². The molecule has 6 heteroatoms. The van der Waals surface area contributed by atoms with Crippen LogP contribution in [0.2, 0.25) is 5.02 Å². The second-order valence-corrected chi connectivity index (χ2v) is 5.42. The van der Waals surface area contributed by atoms with Crippen molar-refractivity contribution >= 4 is 33.5 Å². The van der Waals surface area contributed by atoms with E-state index in [4.69, 9.17) is 26.7 Å². The van der Waals surface area contributed by atoms with Crippen LogP contribution in [0, 0.1) is 11.3 Å². The van der Waals surface area contributed by atoms with Crippen LogP contribution in [-0.4, -0.2) is 11.1 Å². The van der Waals surface area contributed by atoms with Gasteiger partial charge in [-0.1, -0.05) is 33.6 Å². The van der Waals surface area contributed by atoms with Crippen molar-refractivity contribution in [2.45, 2.75) is 6.61 Å². The maximum atomic E-state index is 10.8. The van der Waals surface area contributed by atoms with Crippen LogP contribution < -0.4 is 4.74 Å². The number of benzene rings is 2. The molecule has 0 heterocycles. The SMILES string of the molecule is N#Cc1ccc(OCc2ccc(C(=O)O)cc2Br)cc1Cl. The molecule has 0 atom stereocenters. The molecule has 0 amide bonds. The van der Waals surface area contributed by atoms with Gasteiger partial charge in [0.05, 0.1) is 16.1 Å². The average molecular weight is 367 g/mol. The van der Waals surface area contributed by atoms with Gasteiger partial charge >= 0.3 is 5.97 Å². The molecule has 0 aliphatic carbocycles. The van der Waals surface area contributed by atoms with E-state index in [0.717, 1.165) is 5.56 Å². The summed E-state index contributed by atoms with van der Waals surface area (Å²) in [6.45, 7) is 0.253. The molecule has 106 valence electrons. The fraction of sp³-hybridized carbons (Fsp3) is 0.0667. The number of hydrogen-bond donors (Lipinski definition) is 1. The minimum Gasteiger partial charge on any atom is -0.489 e. The van der Waals surface area contributed by atoms with Crippen LogP contribution >= 0.6 is 27.5 Å². The Morgan fingerprint density at radius 2 is 2.10 bits per heavy atom. The highest BCUT2D eigenvalue weighted by Gasteiger charge is 2.08.